The summed E-state index contributed by atoms with van der Waals surface area (Å²) in [6.07, 6.45) is 1.19. The molecule has 0 radical (unpaired) electrons. The molecule has 2 aromatic rings. The van der Waals surface area contributed by atoms with Gasteiger partial charge in [0.05, 0.1) is 10.5 Å². The maximum Gasteiger partial charge on any atom is 0.181 e. The lowest BCUT2D eigenvalue weighted by Gasteiger charge is -2.05. The van der Waals surface area contributed by atoms with Crippen molar-refractivity contribution in [2.24, 2.45) is 0 Å². The van der Waals surface area contributed by atoms with E-state index in [9.17, 15) is 4.79 Å². The van der Waals surface area contributed by atoms with Crippen molar-refractivity contribution < 1.29 is 4.79 Å². The lowest BCUT2D eigenvalue weighted by atomic mass is 10.1. The number of ketones is 1. The van der Waals surface area contributed by atoms with Crippen LogP contribution in [0.4, 0.5) is 0 Å². The second kappa shape index (κ2) is 3.44. The molecule has 0 saturated carbocycles. The fourth-order valence-electron chi connectivity index (χ4n) is 2.05. The molecule has 0 atom stereocenters. The summed E-state index contributed by atoms with van der Waals surface area (Å²) >= 11 is 12.2. The van der Waals surface area contributed by atoms with Gasteiger partial charge in [-0.25, -0.2) is 4.98 Å². The monoisotopic (exact) mass is 251 g/mol. The standard InChI is InChI=1S/C12H7Cl2NO/c13-6-1-3-9-8(5-6)11(14)7-2-4-10(16)12(7)15-9/h1,3,5H,2,4H2. The second-order valence-corrected chi connectivity index (χ2v) is 4.65. The van der Waals surface area contributed by atoms with E-state index in [1.54, 1.807) is 18.2 Å². The minimum atomic E-state index is 0.0775. The van der Waals surface area contributed by atoms with E-state index in [-0.39, 0.29) is 5.78 Å². The first-order valence-electron chi connectivity index (χ1n) is 4.97. The second-order valence-electron chi connectivity index (χ2n) is 3.84. The van der Waals surface area contributed by atoms with Gasteiger partial charge in [0, 0.05) is 22.4 Å². The highest BCUT2D eigenvalue weighted by atomic mass is 35.5. The Balaban J connectivity index is 2.43. The molecule has 1 aliphatic carbocycles. The minimum absolute atomic E-state index is 0.0775. The number of Topliss-reactive ketones (excluding diaryl/α,β-unsaturated/α-hetero) is 1. The summed E-state index contributed by atoms with van der Waals surface area (Å²) in [4.78, 5) is 15.9. The van der Waals surface area contributed by atoms with Crippen LogP contribution in [0, 0.1) is 0 Å². The minimum Gasteiger partial charge on any atom is -0.292 e. The molecule has 0 aliphatic heterocycles. The molecule has 0 unspecified atom stereocenters. The summed E-state index contributed by atoms with van der Waals surface area (Å²) in [5.74, 6) is 0.0775. The average Bonchev–Trinajstić information content (AvgIpc) is 2.63. The summed E-state index contributed by atoms with van der Waals surface area (Å²) in [5, 5.41) is 2.07. The van der Waals surface area contributed by atoms with Crippen molar-refractivity contribution in [1.29, 1.82) is 0 Å². The zero-order chi connectivity index (χ0) is 11.3. The molecule has 1 aromatic carbocycles. The van der Waals surface area contributed by atoms with Gasteiger partial charge in [-0.05, 0) is 24.6 Å². The number of fused-ring (bicyclic) bond motifs is 2. The molecule has 80 valence electrons. The van der Waals surface area contributed by atoms with Crippen molar-refractivity contribution in [2.45, 2.75) is 12.8 Å². The van der Waals surface area contributed by atoms with Gasteiger partial charge in [-0.3, -0.25) is 4.79 Å². The highest BCUT2D eigenvalue weighted by Crippen LogP contribution is 2.34. The van der Waals surface area contributed by atoms with Crippen molar-refractivity contribution in [1.82, 2.24) is 4.98 Å². The Kier molecular flexibility index (Phi) is 2.16. The van der Waals surface area contributed by atoms with Gasteiger partial charge in [-0.2, -0.15) is 0 Å². The molecule has 4 heteroatoms. The predicted molar refractivity (Wildman–Crippen MR) is 64.4 cm³/mol. The lowest BCUT2D eigenvalue weighted by molar-refractivity contribution is 0.0990. The Hall–Kier alpha value is -1.12. The molecule has 0 saturated heterocycles. The van der Waals surface area contributed by atoms with Crippen LogP contribution in [0.25, 0.3) is 10.9 Å². The third-order valence-corrected chi connectivity index (χ3v) is 3.51. The number of carbonyl (C=O) groups is 1. The van der Waals surface area contributed by atoms with Crippen molar-refractivity contribution in [3.05, 3.63) is 39.5 Å². The number of pyridine rings is 1. The summed E-state index contributed by atoms with van der Waals surface area (Å²) in [7, 11) is 0. The quantitative estimate of drug-likeness (QED) is 0.715. The molecule has 0 fully saturated rings. The summed E-state index contributed by atoms with van der Waals surface area (Å²) in [6.45, 7) is 0. The number of carbonyl (C=O) groups excluding carboxylic acids is 1. The van der Waals surface area contributed by atoms with E-state index < -0.39 is 0 Å². The van der Waals surface area contributed by atoms with E-state index in [0.29, 0.717) is 28.6 Å². The molecule has 0 amide bonds. The Morgan fingerprint density at radius 1 is 1.19 bits per heavy atom. The Morgan fingerprint density at radius 3 is 2.81 bits per heavy atom. The maximum atomic E-state index is 11.6. The van der Waals surface area contributed by atoms with Crippen LogP contribution in [-0.4, -0.2) is 10.8 Å². The van der Waals surface area contributed by atoms with Crippen LogP contribution in [0.2, 0.25) is 10.0 Å². The van der Waals surface area contributed by atoms with Gasteiger partial charge in [0.15, 0.2) is 5.78 Å². The predicted octanol–water partition coefficient (Wildman–Crippen LogP) is 3.67. The first kappa shape index (κ1) is 10.1. The lowest BCUT2D eigenvalue weighted by Crippen LogP contribution is -1.97. The van der Waals surface area contributed by atoms with E-state index in [4.69, 9.17) is 23.2 Å². The smallest absolute Gasteiger partial charge is 0.181 e. The molecule has 0 N–H and O–H groups in total. The zero-order valence-electron chi connectivity index (χ0n) is 8.26. The van der Waals surface area contributed by atoms with Crippen molar-refractivity contribution in [3.8, 4) is 0 Å². The van der Waals surface area contributed by atoms with Crippen LogP contribution in [0.5, 0.6) is 0 Å². The number of hydrogen-bond donors (Lipinski definition) is 0. The van der Waals surface area contributed by atoms with Gasteiger partial charge in [-0.1, -0.05) is 23.2 Å². The maximum absolute atomic E-state index is 11.6. The highest BCUT2D eigenvalue weighted by molar-refractivity contribution is 6.38. The number of benzene rings is 1. The molecular formula is C12H7Cl2NO. The fourth-order valence-corrected chi connectivity index (χ4v) is 2.56. The number of halogens is 2. The third-order valence-electron chi connectivity index (χ3n) is 2.84. The van der Waals surface area contributed by atoms with Crippen LogP contribution < -0.4 is 0 Å². The van der Waals surface area contributed by atoms with E-state index >= 15 is 0 Å². The van der Waals surface area contributed by atoms with Gasteiger partial charge in [0.1, 0.15) is 5.69 Å². The average molecular weight is 252 g/mol. The largest absolute Gasteiger partial charge is 0.292 e. The summed E-state index contributed by atoms with van der Waals surface area (Å²) < 4.78 is 0. The van der Waals surface area contributed by atoms with E-state index in [1.165, 1.54) is 0 Å². The number of hydrogen-bond acceptors (Lipinski definition) is 2. The molecule has 0 bridgehead atoms. The number of nitrogens with zero attached hydrogens (tertiary/aromatic N) is 1. The highest BCUT2D eigenvalue weighted by Gasteiger charge is 2.25. The summed E-state index contributed by atoms with van der Waals surface area (Å²) in [5.41, 5.74) is 2.12. The van der Waals surface area contributed by atoms with Gasteiger partial charge in [0.25, 0.3) is 0 Å². The number of rotatable bonds is 0. The topological polar surface area (TPSA) is 30.0 Å². The van der Waals surface area contributed by atoms with E-state index in [1.807, 2.05) is 0 Å². The molecule has 1 aromatic heterocycles. The molecule has 1 aliphatic rings. The van der Waals surface area contributed by atoms with Crippen LogP contribution >= 0.6 is 23.2 Å². The van der Waals surface area contributed by atoms with Crippen molar-refractivity contribution in [3.63, 3.8) is 0 Å². The molecular weight excluding hydrogens is 245 g/mol. The molecule has 2 nitrogen and oxygen atoms in total. The Morgan fingerprint density at radius 2 is 2.00 bits per heavy atom. The SMILES string of the molecule is O=C1CCc2c1nc1ccc(Cl)cc1c2Cl. The third kappa shape index (κ3) is 1.34. The van der Waals surface area contributed by atoms with Gasteiger partial charge in [-0.15, -0.1) is 0 Å². The number of aromatic nitrogens is 1. The van der Waals surface area contributed by atoms with E-state index in [0.717, 1.165) is 16.5 Å². The molecule has 3 rings (SSSR count). The van der Waals surface area contributed by atoms with Gasteiger partial charge < -0.3 is 0 Å². The first-order chi connectivity index (χ1) is 7.66. The summed E-state index contributed by atoms with van der Waals surface area (Å²) in [6, 6.07) is 5.32. The van der Waals surface area contributed by atoms with Crippen LogP contribution in [0.3, 0.4) is 0 Å². The Bertz CT molecular complexity index is 622. The van der Waals surface area contributed by atoms with Gasteiger partial charge >= 0.3 is 0 Å². The van der Waals surface area contributed by atoms with Crippen LogP contribution in [0.1, 0.15) is 22.5 Å². The van der Waals surface area contributed by atoms with E-state index in [2.05, 4.69) is 4.98 Å². The van der Waals surface area contributed by atoms with Crippen molar-refractivity contribution >= 4 is 39.9 Å². The van der Waals surface area contributed by atoms with Crippen molar-refractivity contribution in [2.75, 3.05) is 0 Å². The molecule has 0 spiro atoms. The van der Waals surface area contributed by atoms with Gasteiger partial charge in [0.2, 0.25) is 0 Å². The Labute approximate surface area is 102 Å². The molecule has 1 heterocycles. The normalized spacial score (nSPS) is 14.5. The first-order valence-corrected chi connectivity index (χ1v) is 5.73. The van der Waals surface area contributed by atoms with Crippen LogP contribution in [0.15, 0.2) is 18.2 Å². The van der Waals surface area contributed by atoms with Crippen LogP contribution in [-0.2, 0) is 6.42 Å². The zero-order valence-corrected chi connectivity index (χ0v) is 9.77. The fraction of sp³-hybridized carbons (Fsp3) is 0.167. The molecule has 16 heavy (non-hydrogen) atoms.